The number of hydrogen-bond donors (Lipinski definition) is 2. The highest BCUT2D eigenvalue weighted by molar-refractivity contribution is 7.11. The molecule has 20 heavy (non-hydrogen) atoms. The molecule has 1 aromatic rings. The molecule has 1 amide bonds. The fraction of sp³-hybridized carbons (Fsp3) is 0.643. The van der Waals surface area contributed by atoms with Crippen molar-refractivity contribution in [1.82, 2.24) is 10.3 Å². The summed E-state index contributed by atoms with van der Waals surface area (Å²) in [6.45, 7) is 9.65. The molecule has 1 rings (SSSR count). The first-order chi connectivity index (χ1) is 9.05. The number of aromatic nitrogens is 1. The number of carboxylic acid groups (broad SMARTS) is 1. The lowest BCUT2D eigenvalue weighted by molar-refractivity contribution is -0.147. The Bertz CT molecular complexity index is 501. The molecule has 6 heteroatoms. The molecule has 0 aliphatic carbocycles. The number of aliphatic carboxylic acids is 1. The Morgan fingerprint density at radius 2 is 1.90 bits per heavy atom. The SMILES string of the molecule is CC(C)(CCNC(=O)c1scnc1C(C)(C)C)C(=O)O. The van der Waals surface area contributed by atoms with Crippen LogP contribution in [0.5, 0.6) is 0 Å². The van der Waals surface area contributed by atoms with Crippen LogP contribution in [0.4, 0.5) is 0 Å². The van der Waals surface area contributed by atoms with Crippen LogP contribution >= 0.6 is 11.3 Å². The summed E-state index contributed by atoms with van der Waals surface area (Å²) in [5.74, 6) is -1.04. The number of carbonyl (C=O) groups excluding carboxylic acids is 1. The molecular weight excluding hydrogens is 276 g/mol. The van der Waals surface area contributed by atoms with Crippen molar-refractivity contribution in [2.24, 2.45) is 5.41 Å². The second-order valence-electron chi connectivity index (χ2n) is 6.48. The molecule has 0 aromatic carbocycles. The molecule has 5 nitrogen and oxygen atoms in total. The van der Waals surface area contributed by atoms with Crippen LogP contribution in [-0.2, 0) is 10.2 Å². The maximum Gasteiger partial charge on any atom is 0.309 e. The van der Waals surface area contributed by atoms with Crippen molar-refractivity contribution in [2.45, 2.75) is 46.5 Å². The van der Waals surface area contributed by atoms with Crippen molar-refractivity contribution in [3.05, 3.63) is 16.1 Å². The van der Waals surface area contributed by atoms with E-state index in [1.807, 2.05) is 20.8 Å². The number of nitrogens with one attached hydrogen (secondary N) is 1. The van der Waals surface area contributed by atoms with E-state index < -0.39 is 11.4 Å². The van der Waals surface area contributed by atoms with Gasteiger partial charge in [0, 0.05) is 12.0 Å². The predicted octanol–water partition coefficient (Wildman–Crippen LogP) is 2.67. The second kappa shape index (κ2) is 5.91. The maximum absolute atomic E-state index is 12.1. The highest BCUT2D eigenvalue weighted by atomic mass is 32.1. The molecule has 1 heterocycles. The summed E-state index contributed by atoms with van der Waals surface area (Å²) in [6, 6.07) is 0. The van der Waals surface area contributed by atoms with E-state index in [1.54, 1.807) is 19.4 Å². The minimum absolute atomic E-state index is 0.182. The largest absolute Gasteiger partial charge is 0.481 e. The Labute approximate surface area is 123 Å². The summed E-state index contributed by atoms with van der Waals surface area (Å²) in [5, 5.41) is 11.8. The molecule has 0 atom stereocenters. The minimum atomic E-state index is -0.861. The van der Waals surface area contributed by atoms with Crippen molar-refractivity contribution in [1.29, 1.82) is 0 Å². The normalized spacial score (nSPS) is 12.2. The average Bonchev–Trinajstić information content (AvgIpc) is 2.76. The van der Waals surface area contributed by atoms with E-state index in [-0.39, 0.29) is 11.3 Å². The van der Waals surface area contributed by atoms with Gasteiger partial charge in [0.2, 0.25) is 0 Å². The molecule has 0 unspecified atom stereocenters. The lowest BCUT2D eigenvalue weighted by Crippen LogP contribution is -2.32. The Morgan fingerprint density at radius 1 is 1.30 bits per heavy atom. The monoisotopic (exact) mass is 298 g/mol. The molecule has 0 aliphatic heterocycles. The zero-order valence-corrected chi connectivity index (χ0v) is 13.4. The van der Waals surface area contributed by atoms with Gasteiger partial charge in [-0.2, -0.15) is 0 Å². The number of rotatable bonds is 5. The first kappa shape index (κ1) is 16.6. The molecular formula is C14H22N2O3S. The van der Waals surface area contributed by atoms with E-state index in [0.29, 0.717) is 17.8 Å². The number of amides is 1. The third kappa shape index (κ3) is 4.03. The van der Waals surface area contributed by atoms with Gasteiger partial charge in [-0.25, -0.2) is 4.98 Å². The third-order valence-corrected chi connectivity index (χ3v) is 3.92. The van der Waals surface area contributed by atoms with Gasteiger partial charge in [0.25, 0.3) is 5.91 Å². The summed E-state index contributed by atoms with van der Waals surface area (Å²) in [6.07, 6.45) is 0.387. The Hall–Kier alpha value is -1.43. The van der Waals surface area contributed by atoms with Crippen LogP contribution in [0.15, 0.2) is 5.51 Å². The van der Waals surface area contributed by atoms with Crippen molar-refractivity contribution in [3.8, 4) is 0 Å². The molecule has 0 saturated heterocycles. The van der Waals surface area contributed by atoms with Crippen molar-refractivity contribution >= 4 is 23.2 Å². The van der Waals surface area contributed by atoms with E-state index in [2.05, 4.69) is 10.3 Å². The summed E-state index contributed by atoms with van der Waals surface area (Å²) in [5.41, 5.74) is 1.41. The van der Waals surface area contributed by atoms with Crippen molar-refractivity contribution < 1.29 is 14.7 Å². The van der Waals surface area contributed by atoms with Crippen LogP contribution in [0.1, 0.15) is 56.4 Å². The summed E-state index contributed by atoms with van der Waals surface area (Å²) in [4.78, 5) is 28.0. The zero-order valence-electron chi connectivity index (χ0n) is 12.6. The Kier molecular flexibility index (Phi) is 4.91. The van der Waals surface area contributed by atoms with Gasteiger partial charge in [0.15, 0.2) is 0 Å². The summed E-state index contributed by atoms with van der Waals surface area (Å²) in [7, 11) is 0. The van der Waals surface area contributed by atoms with Gasteiger partial charge in [-0.3, -0.25) is 9.59 Å². The van der Waals surface area contributed by atoms with Gasteiger partial charge in [0.05, 0.1) is 16.6 Å². The van der Waals surface area contributed by atoms with Crippen LogP contribution in [0, 0.1) is 5.41 Å². The molecule has 0 saturated carbocycles. The number of carboxylic acids is 1. The summed E-state index contributed by atoms with van der Waals surface area (Å²) >= 11 is 1.31. The zero-order chi connectivity index (χ0) is 15.6. The lowest BCUT2D eigenvalue weighted by Gasteiger charge is -2.20. The molecule has 0 aliphatic rings. The first-order valence-electron chi connectivity index (χ1n) is 6.51. The van der Waals surface area contributed by atoms with Crippen LogP contribution in [0.2, 0.25) is 0 Å². The Morgan fingerprint density at radius 3 is 2.40 bits per heavy atom. The Balaban J connectivity index is 2.66. The smallest absolute Gasteiger partial charge is 0.309 e. The lowest BCUT2D eigenvalue weighted by atomic mass is 9.89. The van der Waals surface area contributed by atoms with E-state index in [4.69, 9.17) is 5.11 Å². The van der Waals surface area contributed by atoms with E-state index in [0.717, 1.165) is 5.69 Å². The van der Waals surface area contributed by atoms with Gasteiger partial charge in [0.1, 0.15) is 4.88 Å². The fourth-order valence-electron chi connectivity index (χ4n) is 1.62. The molecule has 0 radical (unpaired) electrons. The van der Waals surface area contributed by atoms with Crippen molar-refractivity contribution in [2.75, 3.05) is 6.54 Å². The third-order valence-electron chi connectivity index (χ3n) is 3.10. The number of thiazole rings is 1. The van der Waals surface area contributed by atoms with Gasteiger partial charge in [-0.1, -0.05) is 20.8 Å². The van der Waals surface area contributed by atoms with E-state index >= 15 is 0 Å². The van der Waals surface area contributed by atoms with E-state index in [9.17, 15) is 9.59 Å². The molecule has 1 aromatic heterocycles. The minimum Gasteiger partial charge on any atom is -0.481 e. The fourth-order valence-corrected chi connectivity index (χ4v) is 2.53. The molecule has 0 spiro atoms. The standard InChI is InChI=1S/C14H22N2O3S/c1-13(2,3)10-9(20-8-16-10)11(17)15-7-6-14(4,5)12(18)19/h8H,6-7H2,1-5H3,(H,15,17)(H,18,19). The van der Waals surface area contributed by atoms with Crippen LogP contribution in [0.3, 0.4) is 0 Å². The van der Waals surface area contributed by atoms with Crippen LogP contribution in [0.25, 0.3) is 0 Å². The van der Waals surface area contributed by atoms with Gasteiger partial charge in [-0.05, 0) is 20.3 Å². The topological polar surface area (TPSA) is 79.3 Å². The number of carbonyl (C=O) groups is 2. The molecule has 0 fully saturated rings. The first-order valence-corrected chi connectivity index (χ1v) is 7.39. The number of hydrogen-bond acceptors (Lipinski definition) is 4. The van der Waals surface area contributed by atoms with Gasteiger partial charge >= 0.3 is 5.97 Å². The summed E-state index contributed by atoms with van der Waals surface area (Å²) < 4.78 is 0. The number of nitrogens with zero attached hydrogens (tertiary/aromatic N) is 1. The highest BCUT2D eigenvalue weighted by Crippen LogP contribution is 2.27. The van der Waals surface area contributed by atoms with E-state index in [1.165, 1.54) is 11.3 Å². The molecule has 112 valence electrons. The van der Waals surface area contributed by atoms with Gasteiger partial charge < -0.3 is 10.4 Å². The quantitative estimate of drug-likeness (QED) is 0.876. The molecule has 0 bridgehead atoms. The van der Waals surface area contributed by atoms with Crippen LogP contribution in [-0.4, -0.2) is 28.5 Å². The average molecular weight is 298 g/mol. The predicted molar refractivity (Wildman–Crippen MR) is 79.2 cm³/mol. The van der Waals surface area contributed by atoms with Gasteiger partial charge in [-0.15, -0.1) is 11.3 Å². The highest BCUT2D eigenvalue weighted by Gasteiger charge is 2.28. The second-order valence-corrected chi connectivity index (χ2v) is 7.33. The molecule has 2 N–H and O–H groups in total. The van der Waals surface area contributed by atoms with Crippen molar-refractivity contribution in [3.63, 3.8) is 0 Å². The maximum atomic E-state index is 12.1. The van der Waals surface area contributed by atoms with Crippen LogP contribution < -0.4 is 5.32 Å².